The first-order valence-corrected chi connectivity index (χ1v) is 9.38. The fourth-order valence-corrected chi connectivity index (χ4v) is 4.15. The molecule has 8 atom stereocenters. The minimum Gasteiger partial charge on any atom is -0.459 e. The number of hydrogen-bond acceptors (Lipinski definition) is 7. The van der Waals surface area contributed by atoms with Gasteiger partial charge in [0.1, 0.15) is 12.2 Å². The second kappa shape index (κ2) is 5.90. The largest absolute Gasteiger partial charge is 0.459 e. The van der Waals surface area contributed by atoms with Crippen LogP contribution in [0.1, 0.15) is 40.5 Å². The third kappa shape index (κ3) is 3.02. The van der Waals surface area contributed by atoms with Crippen LogP contribution >= 0.6 is 0 Å². The fourth-order valence-electron chi connectivity index (χ4n) is 4.15. The second-order valence-electron chi connectivity index (χ2n) is 8.52. The lowest BCUT2D eigenvalue weighted by molar-refractivity contribution is -0.159. The van der Waals surface area contributed by atoms with Gasteiger partial charge in [0, 0.05) is 18.4 Å². The van der Waals surface area contributed by atoms with E-state index >= 15 is 0 Å². The molecule has 1 N–H and O–H groups in total. The summed E-state index contributed by atoms with van der Waals surface area (Å²) in [6, 6.07) is 0. The summed E-state index contributed by atoms with van der Waals surface area (Å²) < 4.78 is 22.5. The molecular weight excluding hydrogens is 352 g/mol. The number of aliphatic hydroxyl groups is 1. The quantitative estimate of drug-likeness (QED) is 0.336. The zero-order valence-electron chi connectivity index (χ0n) is 16.1. The van der Waals surface area contributed by atoms with E-state index in [0.29, 0.717) is 18.4 Å². The molecule has 3 heterocycles. The number of rotatable bonds is 2. The lowest BCUT2D eigenvalue weighted by Crippen LogP contribution is -2.40. The van der Waals surface area contributed by atoms with Crippen molar-refractivity contribution in [2.24, 2.45) is 5.92 Å². The highest BCUT2D eigenvalue weighted by Crippen LogP contribution is 2.48. The Morgan fingerprint density at radius 3 is 2.67 bits per heavy atom. The third-order valence-electron chi connectivity index (χ3n) is 6.50. The summed E-state index contributed by atoms with van der Waals surface area (Å²) in [6.07, 6.45) is 0.284. The minimum atomic E-state index is -0.956. The molecule has 0 aromatic heterocycles. The Balaban J connectivity index is 1.67. The molecular formula is C20H26O7. The maximum absolute atomic E-state index is 12.7. The van der Waals surface area contributed by atoms with Gasteiger partial charge in [0.05, 0.1) is 29.8 Å². The van der Waals surface area contributed by atoms with Crippen molar-refractivity contribution < 1.29 is 33.6 Å². The van der Waals surface area contributed by atoms with Crippen molar-refractivity contribution in [3.05, 3.63) is 23.8 Å². The van der Waals surface area contributed by atoms with E-state index in [0.717, 1.165) is 0 Å². The van der Waals surface area contributed by atoms with E-state index < -0.39 is 47.4 Å². The summed E-state index contributed by atoms with van der Waals surface area (Å²) in [4.78, 5) is 24.9. The topological polar surface area (TPSA) is 97.9 Å². The minimum absolute atomic E-state index is 0.133. The summed E-state index contributed by atoms with van der Waals surface area (Å²) >= 11 is 0. The van der Waals surface area contributed by atoms with E-state index in [4.69, 9.17) is 18.9 Å². The number of ether oxygens (including phenoxy) is 4. The van der Waals surface area contributed by atoms with Gasteiger partial charge in [-0.15, -0.1) is 0 Å². The molecule has 0 spiro atoms. The van der Waals surface area contributed by atoms with Crippen molar-refractivity contribution in [2.75, 3.05) is 0 Å². The fraction of sp³-hybridized carbons (Fsp3) is 0.700. The van der Waals surface area contributed by atoms with Gasteiger partial charge in [-0.2, -0.15) is 0 Å². The van der Waals surface area contributed by atoms with Gasteiger partial charge in [-0.3, -0.25) is 0 Å². The zero-order chi connectivity index (χ0) is 19.7. The SMILES string of the molecule is C=C1C(=O)O[C@@H]2/C=C(\C)[C@@H](O)C[C@H]3O[C@@]3(C)C[C@@H](OC(=O)[C@]3(C)O[C@@H]3C)[C@@H]12. The average molecular weight is 378 g/mol. The van der Waals surface area contributed by atoms with Crippen molar-refractivity contribution >= 4 is 11.9 Å². The van der Waals surface area contributed by atoms with Crippen LogP contribution in [0.4, 0.5) is 0 Å². The van der Waals surface area contributed by atoms with Crippen LogP contribution in [0.25, 0.3) is 0 Å². The predicted molar refractivity (Wildman–Crippen MR) is 93.6 cm³/mol. The molecule has 7 nitrogen and oxygen atoms in total. The highest BCUT2D eigenvalue weighted by molar-refractivity contribution is 5.91. The van der Waals surface area contributed by atoms with Crippen LogP contribution < -0.4 is 0 Å². The first kappa shape index (κ1) is 18.7. The maximum atomic E-state index is 12.7. The molecule has 0 unspecified atom stereocenters. The van der Waals surface area contributed by atoms with Crippen molar-refractivity contribution in [3.63, 3.8) is 0 Å². The number of carbonyl (C=O) groups is 2. The Hall–Kier alpha value is -1.70. The van der Waals surface area contributed by atoms with Gasteiger partial charge in [0.2, 0.25) is 0 Å². The van der Waals surface area contributed by atoms with E-state index in [-0.39, 0.29) is 17.8 Å². The number of carbonyl (C=O) groups excluding carboxylic acids is 2. The Labute approximate surface area is 158 Å². The standard InChI is InChI=1S/C20H26O7/c1-9-6-13-16(10(2)17(22)24-13)14(25-18(23)20(5)11(3)26-20)8-19(4)15(27-19)7-12(9)21/h6,11-16,21H,2,7-8H2,1,3-5H3/b9-6+/t11-,12+,13-,14-,15-,16+,19+,20-/m1/s1. The monoisotopic (exact) mass is 378 g/mol. The van der Waals surface area contributed by atoms with Crippen molar-refractivity contribution in [2.45, 2.75) is 82.3 Å². The molecule has 4 aliphatic rings. The molecule has 0 bridgehead atoms. The maximum Gasteiger partial charge on any atom is 0.341 e. The second-order valence-corrected chi connectivity index (χ2v) is 8.52. The van der Waals surface area contributed by atoms with Crippen molar-refractivity contribution in [1.82, 2.24) is 0 Å². The van der Waals surface area contributed by atoms with Crippen molar-refractivity contribution in [3.8, 4) is 0 Å². The Kier molecular flexibility index (Phi) is 4.07. The molecule has 4 rings (SSSR count). The van der Waals surface area contributed by atoms with Crippen LogP contribution in [-0.2, 0) is 28.5 Å². The van der Waals surface area contributed by atoms with E-state index in [9.17, 15) is 14.7 Å². The highest BCUT2D eigenvalue weighted by atomic mass is 16.7. The van der Waals surface area contributed by atoms with Gasteiger partial charge in [0.15, 0.2) is 5.60 Å². The Bertz CT molecular complexity index is 743. The van der Waals surface area contributed by atoms with Gasteiger partial charge in [0.25, 0.3) is 0 Å². The summed E-state index contributed by atoms with van der Waals surface area (Å²) in [5.41, 5.74) is -0.518. The molecule has 0 aromatic rings. The normalized spacial score (nSPS) is 50.6. The first-order chi connectivity index (χ1) is 12.5. The molecule has 0 amide bonds. The number of fused-ring (bicyclic) bond motifs is 2. The van der Waals surface area contributed by atoms with Crippen LogP contribution in [0.15, 0.2) is 23.8 Å². The summed E-state index contributed by atoms with van der Waals surface area (Å²) in [5, 5.41) is 10.4. The van der Waals surface area contributed by atoms with Gasteiger partial charge < -0.3 is 24.1 Å². The van der Waals surface area contributed by atoms with Crippen LogP contribution in [-0.4, -0.2) is 58.8 Å². The van der Waals surface area contributed by atoms with E-state index in [1.807, 2.05) is 13.8 Å². The number of esters is 2. The molecule has 0 saturated carbocycles. The molecule has 0 aromatic carbocycles. The van der Waals surface area contributed by atoms with E-state index in [1.165, 1.54) is 0 Å². The molecule has 7 heteroatoms. The molecule has 27 heavy (non-hydrogen) atoms. The van der Waals surface area contributed by atoms with Gasteiger partial charge in [-0.05, 0) is 39.3 Å². The van der Waals surface area contributed by atoms with Gasteiger partial charge >= 0.3 is 11.9 Å². The van der Waals surface area contributed by atoms with Crippen LogP contribution in [0.5, 0.6) is 0 Å². The van der Waals surface area contributed by atoms with Crippen molar-refractivity contribution in [1.29, 1.82) is 0 Å². The average Bonchev–Trinajstić information content (AvgIpc) is 3.37. The zero-order valence-corrected chi connectivity index (χ0v) is 16.1. The summed E-state index contributed by atoms with van der Waals surface area (Å²) in [7, 11) is 0. The molecule has 3 fully saturated rings. The lowest BCUT2D eigenvalue weighted by atomic mass is 9.82. The van der Waals surface area contributed by atoms with Gasteiger partial charge in [-0.1, -0.05) is 6.58 Å². The lowest BCUT2D eigenvalue weighted by Gasteiger charge is -2.29. The highest BCUT2D eigenvalue weighted by Gasteiger charge is 2.61. The molecule has 1 aliphatic carbocycles. The predicted octanol–water partition coefficient (Wildman–Crippen LogP) is 1.43. The third-order valence-corrected chi connectivity index (χ3v) is 6.50. The van der Waals surface area contributed by atoms with Crippen LogP contribution in [0.3, 0.4) is 0 Å². The Morgan fingerprint density at radius 2 is 2.04 bits per heavy atom. The van der Waals surface area contributed by atoms with Gasteiger partial charge in [-0.25, -0.2) is 9.59 Å². The number of epoxide rings is 2. The summed E-state index contributed by atoms with van der Waals surface area (Å²) in [5.74, 6) is -1.49. The molecule has 3 aliphatic heterocycles. The summed E-state index contributed by atoms with van der Waals surface area (Å²) in [6.45, 7) is 11.1. The molecule has 0 radical (unpaired) electrons. The molecule has 3 saturated heterocycles. The van der Waals surface area contributed by atoms with Crippen LogP contribution in [0, 0.1) is 5.92 Å². The van der Waals surface area contributed by atoms with E-state index in [1.54, 1.807) is 19.9 Å². The number of hydrogen-bond donors (Lipinski definition) is 1. The van der Waals surface area contributed by atoms with Crippen LogP contribution in [0.2, 0.25) is 0 Å². The van der Waals surface area contributed by atoms with E-state index in [2.05, 4.69) is 6.58 Å². The molecule has 148 valence electrons. The smallest absolute Gasteiger partial charge is 0.341 e. The number of aliphatic hydroxyl groups excluding tert-OH is 1. The first-order valence-electron chi connectivity index (χ1n) is 9.38. The Morgan fingerprint density at radius 1 is 1.37 bits per heavy atom.